The minimum atomic E-state index is 0.361. The lowest BCUT2D eigenvalue weighted by Crippen LogP contribution is -2.22. The average molecular weight is 242 g/mol. The van der Waals surface area contributed by atoms with Gasteiger partial charge in [0.15, 0.2) is 0 Å². The predicted octanol–water partition coefficient (Wildman–Crippen LogP) is 2.87. The molecule has 1 atom stereocenters. The van der Waals surface area contributed by atoms with E-state index < -0.39 is 0 Å². The average Bonchev–Trinajstić information content (AvgIpc) is 2.61. The third-order valence-electron chi connectivity index (χ3n) is 2.49. The molecule has 0 fully saturated rings. The van der Waals surface area contributed by atoms with E-state index in [1.54, 1.807) is 7.11 Å². The summed E-state index contributed by atoms with van der Waals surface area (Å²) in [5, 5.41) is 4.67. The van der Waals surface area contributed by atoms with Crippen molar-refractivity contribution in [3.05, 3.63) is 15.6 Å². The number of nitrogens with zero attached hydrogens (tertiary/aromatic N) is 1. The standard InChI is InChI=1S/C12H22N2OS/c1-8(2)12-14-10(4)11(16-12)9(3)13-6-7-15-5/h8-9,13H,6-7H2,1-5H3. The Bertz CT molecular complexity index is 323. The molecule has 92 valence electrons. The number of ether oxygens (including phenoxy) is 1. The van der Waals surface area contributed by atoms with Crippen LogP contribution in [0.3, 0.4) is 0 Å². The highest BCUT2D eigenvalue weighted by Gasteiger charge is 2.15. The van der Waals surface area contributed by atoms with Crippen molar-refractivity contribution in [2.75, 3.05) is 20.3 Å². The first kappa shape index (κ1) is 13.6. The fraction of sp³-hybridized carbons (Fsp3) is 0.750. The number of aryl methyl sites for hydroxylation is 1. The number of rotatable bonds is 6. The summed E-state index contributed by atoms with van der Waals surface area (Å²) >= 11 is 1.82. The Morgan fingerprint density at radius 3 is 2.56 bits per heavy atom. The first-order valence-corrected chi connectivity index (χ1v) is 6.57. The number of thiazole rings is 1. The summed E-state index contributed by atoms with van der Waals surface area (Å²) in [6.07, 6.45) is 0. The van der Waals surface area contributed by atoms with Crippen LogP contribution in [0.5, 0.6) is 0 Å². The van der Waals surface area contributed by atoms with Crippen molar-refractivity contribution in [2.45, 2.75) is 39.7 Å². The van der Waals surface area contributed by atoms with E-state index in [0.717, 1.165) is 18.8 Å². The molecule has 0 saturated heterocycles. The van der Waals surface area contributed by atoms with Crippen LogP contribution >= 0.6 is 11.3 Å². The Labute approximate surface area is 102 Å². The van der Waals surface area contributed by atoms with Crippen LogP contribution < -0.4 is 5.32 Å². The smallest absolute Gasteiger partial charge is 0.0956 e. The molecule has 1 unspecified atom stereocenters. The molecule has 1 aromatic heterocycles. The van der Waals surface area contributed by atoms with Crippen molar-refractivity contribution in [1.29, 1.82) is 0 Å². The molecule has 1 N–H and O–H groups in total. The normalized spacial score (nSPS) is 13.4. The second-order valence-corrected chi connectivity index (χ2v) is 5.39. The molecule has 0 amide bonds. The highest BCUT2D eigenvalue weighted by Crippen LogP contribution is 2.28. The number of nitrogens with one attached hydrogen (secondary N) is 1. The first-order chi connectivity index (χ1) is 7.56. The van der Waals surface area contributed by atoms with Crippen LogP contribution in [-0.4, -0.2) is 25.2 Å². The van der Waals surface area contributed by atoms with Crippen LogP contribution in [0.1, 0.15) is 48.3 Å². The van der Waals surface area contributed by atoms with E-state index in [9.17, 15) is 0 Å². The second kappa shape index (κ2) is 6.33. The van der Waals surface area contributed by atoms with E-state index in [1.807, 2.05) is 11.3 Å². The third kappa shape index (κ3) is 3.54. The van der Waals surface area contributed by atoms with Crippen molar-refractivity contribution >= 4 is 11.3 Å². The van der Waals surface area contributed by atoms with Gasteiger partial charge in [0.1, 0.15) is 0 Å². The monoisotopic (exact) mass is 242 g/mol. The lowest BCUT2D eigenvalue weighted by molar-refractivity contribution is 0.196. The van der Waals surface area contributed by atoms with Crippen molar-refractivity contribution in [2.24, 2.45) is 0 Å². The van der Waals surface area contributed by atoms with Crippen LogP contribution in [0.4, 0.5) is 0 Å². The SMILES string of the molecule is COCCNC(C)c1sc(C(C)C)nc1C. The van der Waals surface area contributed by atoms with Gasteiger partial charge in [-0.25, -0.2) is 4.98 Å². The maximum Gasteiger partial charge on any atom is 0.0956 e. The van der Waals surface area contributed by atoms with Crippen molar-refractivity contribution in [1.82, 2.24) is 10.3 Å². The summed E-state index contributed by atoms with van der Waals surface area (Å²) in [6.45, 7) is 10.3. The van der Waals surface area contributed by atoms with E-state index in [4.69, 9.17) is 4.74 Å². The van der Waals surface area contributed by atoms with Crippen molar-refractivity contribution in [3.8, 4) is 0 Å². The van der Waals surface area contributed by atoms with Gasteiger partial charge in [0, 0.05) is 30.5 Å². The molecule has 1 aromatic rings. The van der Waals surface area contributed by atoms with Gasteiger partial charge in [0.25, 0.3) is 0 Å². The van der Waals surface area contributed by atoms with Gasteiger partial charge in [0.05, 0.1) is 17.3 Å². The highest BCUT2D eigenvalue weighted by molar-refractivity contribution is 7.11. The Hall–Kier alpha value is -0.450. The minimum Gasteiger partial charge on any atom is -0.383 e. The lowest BCUT2D eigenvalue weighted by atomic mass is 10.2. The van der Waals surface area contributed by atoms with E-state index >= 15 is 0 Å². The van der Waals surface area contributed by atoms with Crippen molar-refractivity contribution in [3.63, 3.8) is 0 Å². The van der Waals surface area contributed by atoms with E-state index in [2.05, 4.69) is 38.0 Å². The molecule has 3 nitrogen and oxygen atoms in total. The minimum absolute atomic E-state index is 0.361. The summed E-state index contributed by atoms with van der Waals surface area (Å²) in [7, 11) is 1.72. The topological polar surface area (TPSA) is 34.1 Å². The van der Waals surface area contributed by atoms with Crippen molar-refractivity contribution < 1.29 is 4.74 Å². The number of hydrogen-bond acceptors (Lipinski definition) is 4. The summed E-state index contributed by atoms with van der Waals surface area (Å²) in [4.78, 5) is 5.95. The largest absolute Gasteiger partial charge is 0.383 e. The van der Waals surface area contributed by atoms with Gasteiger partial charge >= 0.3 is 0 Å². The number of aromatic nitrogens is 1. The maximum absolute atomic E-state index is 5.03. The maximum atomic E-state index is 5.03. The lowest BCUT2D eigenvalue weighted by Gasteiger charge is -2.12. The quantitative estimate of drug-likeness (QED) is 0.779. The molecule has 1 heterocycles. The predicted molar refractivity (Wildman–Crippen MR) is 69.2 cm³/mol. The van der Waals surface area contributed by atoms with Gasteiger partial charge < -0.3 is 10.1 Å². The van der Waals surface area contributed by atoms with Gasteiger partial charge in [-0.2, -0.15) is 0 Å². The number of hydrogen-bond donors (Lipinski definition) is 1. The number of methoxy groups -OCH3 is 1. The third-order valence-corrected chi connectivity index (χ3v) is 4.13. The molecular formula is C12H22N2OS. The Kier molecular flexibility index (Phi) is 5.38. The van der Waals surface area contributed by atoms with Gasteiger partial charge in [-0.15, -0.1) is 11.3 Å². The Morgan fingerprint density at radius 2 is 2.06 bits per heavy atom. The van der Waals surface area contributed by atoms with E-state index in [1.165, 1.54) is 9.88 Å². The highest BCUT2D eigenvalue weighted by atomic mass is 32.1. The molecule has 0 bridgehead atoms. The van der Waals surface area contributed by atoms with Crippen LogP contribution in [0.15, 0.2) is 0 Å². The van der Waals surface area contributed by atoms with Crippen LogP contribution in [-0.2, 0) is 4.74 Å². The molecule has 0 aliphatic heterocycles. The first-order valence-electron chi connectivity index (χ1n) is 5.75. The summed E-state index contributed by atoms with van der Waals surface area (Å²) in [6, 6.07) is 0.361. The molecule has 0 aliphatic rings. The molecule has 0 aromatic carbocycles. The van der Waals surface area contributed by atoms with Crippen LogP contribution in [0, 0.1) is 6.92 Å². The zero-order valence-electron chi connectivity index (χ0n) is 10.8. The zero-order chi connectivity index (χ0) is 12.1. The van der Waals surface area contributed by atoms with Gasteiger partial charge in [-0.1, -0.05) is 13.8 Å². The molecule has 0 radical (unpaired) electrons. The molecule has 0 spiro atoms. The molecule has 0 aliphatic carbocycles. The van der Waals surface area contributed by atoms with Gasteiger partial charge in [-0.05, 0) is 13.8 Å². The Morgan fingerprint density at radius 1 is 1.38 bits per heavy atom. The molecule has 4 heteroatoms. The van der Waals surface area contributed by atoms with E-state index in [0.29, 0.717) is 12.0 Å². The second-order valence-electron chi connectivity index (χ2n) is 4.33. The van der Waals surface area contributed by atoms with Crippen LogP contribution in [0.2, 0.25) is 0 Å². The molecule has 16 heavy (non-hydrogen) atoms. The molecule has 0 saturated carbocycles. The fourth-order valence-corrected chi connectivity index (χ4v) is 2.65. The van der Waals surface area contributed by atoms with E-state index in [-0.39, 0.29) is 0 Å². The molecule has 1 rings (SSSR count). The zero-order valence-corrected chi connectivity index (χ0v) is 11.6. The van der Waals surface area contributed by atoms with Gasteiger partial charge in [-0.3, -0.25) is 0 Å². The summed E-state index contributed by atoms with van der Waals surface area (Å²) in [5.74, 6) is 0.517. The fourth-order valence-electron chi connectivity index (χ4n) is 1.55. The van der Waals surface area contributed by atoms with Gasteiger partial charge in [0.2, 0.25) is 0 Å². The van der Waals surface area contributed by atoms with Crippen LogP contribution in [0.25, 0.3) is 0 Å². The Balaban J connectivity index is 2.64. The summed E-state index contributed by atoms with van der Waals surface area (Å²) in [5.41, 5.74) is 1.16. The molecular weight excluding hydrogens is 220 g/mol. The summed E-state index contributed by atoms with van der Waals surface area (Å²) < 4.78 is 5.03.